The van der Waals surface area contributed by atoms with Crippen molar-refractivity contribution < 1.29 is 13.6 Å². The molecule has 5 heteroatoms. The van der Waals surface area contributed by atoms with Gasteiger partial charge in [0.2, 0.25) is 0 Å². The van der Waals surface area contributed by atoms with Crippen LogP contribution in [0.5, 0.6) is 0 Å². The number of ether oxygens (including phenoxy) is 1. The quantitative estimate of drug-likeness (QED) is 0.294. The molecule has 0 amide bonds. The maximum absolute atomic E-state index is 10.9. The van der Waals surface area contributed by atoms with E-state index >= 15 is 0 Å². The summed E-state index contributed by atoms with van der Waals surface area (Å²) in [7, 11) is -3.06. The van der Waals surface area contributed by atoms with Crippen molar-refractivity contribution in [1.29, 1.82) is 0 Å². The SMILES string of the molecule is C=CC(=O)OCCC[Si](C)(CC)O[Si](C)(C)C. The third-order valence-electron chi connectivity index (χ3n) is 2.56. The minimum atomic E-state index is -1.60. The highest BCUT2D eigenvalue weighted by Gasteiger charge is 2.32. The Hall–Kier alpha value is -0.396. The van der Waals surface area contributed by atoms with Crippen LogP contribution in [-0.2, 0) is 13.6 Å². The van der Waals surface area contributed by atoms with Gasteiger partial charge in [0.1, 0.15) is 0 Å². The fourth-order valence-electron chi connectivity index (χ4n) is 1.72. The molecule has 17 heavy (non-hydrogen) atoms. The van der Waals surface area contributed by atoms with Crippen LogP contribution in [0.4, 0.5) is 0 Å². The Labute approximate surface area is 107 Å². The fraction of sp³-hybridized carbons (Fsp3) is 0.750. The molecule has 0 saturated carbocycles. The number of esters is 1. The van der Waals surface area contributed by atoms with Crippen LogP contribution in [0.1, 0.15) is 13.3 Å². The number of carbonyl (C=O) groups is 1. The highest BCUT2D eigenvalue weighted by Crippen LogP contribution is 2.23. The van der Waals surface area contributed by atoms with E-state index in [0.717, 1.165) is 18.5 Å². The Bertz CT molecular complexity index is 261. The molecule has 1 atom stereocenters. The van der Waals surface area contributed by atoms with E-state index in [0.29, 0.717) is 6.61 Å². The van der Waals surface area contributed by atoms with Gasteiger partial charge in [0.05, 0.1) is 6.61 Å². The largest absolute Gasteiger partial charge is 0.463 e. The number of rotatable bonds is 8. The predicted molar refractivity (Wildman–Crippen MR) is 77.1 cm³/mol. The van der Waals surface area contributed by atoms with Crippen LogP contribution in [0.2, 0.25) is 38.3 Å². The van der Waals surface area contributed by atoms with Crippen molar-refractivity contribution in [1.82, 2.24) is 0 Å². The molecule has 0 aromatic heterocycles. The van der Waals surface area contributed by atoms with E-state index in [1.54, 1.807) is 0 Å². The van der Waals surface area contributed by atoms with E-state index in [2.05, 4.69) is 39.7 Å². The van der Waals surface area contributed by atoms with Crippen molar-refractivity contribution in [2.24, 2.45) is 0 Å². The molecule has 3 nitrogen and oxygen atoms in total. The van der Waals surface area contributed by atoms with Crippen LogP contribution >= 0.6 is 0 Å². The number of hydrogen-bond donors (Lipinski definition) is 0. The first-order chi connectivity index (χ1) is 7.72. The van der Waals surface area contributed by atoms with Gasteiger partial charge in [0.15, 0.2) is 16.6 Å². The van der Waals surface area contributed by atoms with Crippen molar-refractivity contribution in [3.63, 3.8) is 0 Å². The van der Waals surface area contributed by atoms with Crippen molar-refractivity contribution in [2.75, 3.05) is 6.61 Å². The lowest BCUT2D eigenvalue weighted by molar-refractivity contribution is -0.137. The van der Waals surface area contributed by atoms with Crippen molar-refractivity contribution >= 4 is 22.6 Å². The first-order valence-electron chi connectivity index (χ1n) is 6.22. The summed E-state index contributed by atoms with van der Waals surface area (Å²) in [6.45, 7) is 15.0. The van der Waals surface area contributed by atoms with Gasteiger partial charge in [0.25, 0.3) is 0 Å². The van der Waals surface area contributed by atoms with Gasteiger partial charge in [-0.2, -0.15) is 0 Å². The molecule has 0 spiro atoms. The van der Waals surface area contributed by atoms with E-state index < -0.39 is 16.6 Å². The summed E-state index contributed by atoms with van der Waals surface area (Å²) in [5.74, 6) is -0.337. The minimum absolute atomic E-state index is 0.337. The highest BCUT2D eigenvalue weighted by molar-refractivity contribution is 6.84. The van der Waals surface area contributed by atoms with Gasteiger partial charge >= 0.3 is 5.97 Å². The zero-order chi connectivity index (χ0) is 13.5. The summed E-state index contributed by atoms with van der Waals surface area (Å²) < 4.78 is 11.3. The Morgan fingerprint density at radius 3 is 2.29 bits per heavy atom. The summed E-state index contributed by atoms with van der Waals surface area (Å²) in [6, 6.07) is 2.17. The van der Waals surface area contributed by atoms with Crippen LogP contribution in [0.25, 0.3) is 0 Å². The molecule has 0 bridgehead atoms. The normalized spacial score (nSPS) is 15.1. The lowest BCUT2D eigenvalue weighted by Gasteiger charge is -2.33. The van der Waals surface area contributed by atoms with Gasteiger partial charge in [-0.1, -0.05) is 13.5 Å². The Balaban J connectivity index is 4.04. The molecule has 0 aliphatic heterocycles. The van der Waals surface area contributed by atoms with Crippen molar-refractivity contribution in [3.05, 3.63) is 12.7 Å². The van der Waals surface area contributed by atoms with E-state index in [4.69, 9.17) is 8.85 Å². The van der Waals surface area contributed by atoms with Crippen molar-refractivity contribution in [3.8, 4) is 0 Å². The Morgan fingerprint density at radius 1 is 1.29 bits per heavy atom. The molecule has 0 aliphatic rings. The second kappa shape index (κ2) is 7.13. The second-order valence-corrected chi connectivity index (χ2v) is 14.6. The van der Waals surface area contributed by atoms with Crippen LogP contribution < -0.4 is 0 Å². The monoisotopic (exact) mass is 274 g/mol. The summed E-state index contributed by atoms with van der Waals surface area (Å²) in [6.07, 6.45) is 2.09. The third kappa shape index (κ3) is 8.34. The van der Waals surface area contributed by atoms with Crippen LogP contribution in [0.3, 0.4) is 0 Å². The molecule has 100 valence electrons. The molecule has 0 saturated heterocycles. The van der Waals surface area contributed by atoms with Gasteiger partial charge in [-0.05, 0) is 44.7 Å². The molecule has 0 aromatic rings. The zero-order valence-electron chi connectivity index (χ0n) is 11.8. The Kier molecular flexibility index (Phi) is 6.96. The molecule has 0 rings (SSSR count). The summed E-state index contributed by atoms with van der Waals surface area (Å²) in [5.41, 5.74) is 0. The van der Waals surface area contributed by atoms with Gasteiger partial charge in [0, 0.05) is 6.08 Å². The molecule has 0 fully saturated rings. The predicted octanol–water partition coefficient (Wildman–Crippen LogP) is 3.55. The average Bonchev–Trinajstić information content (AvgIpc) is 2.21. The molecule has 1 unspecified atom stereocenters. The number of carbonyl (C=O) groups excluding carboxylic acids is 1. The van der Waals surface area contributed by atoms with Gasteiger partial charge in [-0.25, -0.2) is 4.79 Å². The van der Waals surface area contributed by atoms with E-state index in [1.165, 1.54) is 6.08 Å². The van der Waals surface area contributed by atoms with Crippen molar-refractivity contribution in [2.45, 2.75) is 51.6 Å². The second-order valence-electron chi connectivity index (χ2n) is 5.49. The van der Waals surface area contributed by atoms with Crippen LogP contribution in [0.15, 0.2) is 12.7 Å². The smallest absolute Gasteiger partial charge is 0.330 e. The van der Waals surface area contributed by atoms with Crippen LogP contribution in [0, 0.1) is 0 Å². The standard InChI is InChI=1S/C12H26O3Si2/c1-7-12(13)14-10-9-11-17(6,8-2)15-16(3,4)5/h7H,1,8-11H2,2-6H3. The van der Waals surface area contributed by atoms with Crippen LogP contribution in [-0.4, -0.2) is 29.2 Å². The van der Waals surface area contributed by atoms with Gasteiger partial charge in [-0.15, -0.1) is 0 Å². The lowest BCUT2D eigenvalue weighted by Crippen LogP contribution is -2.44. The van der Waals surface area contributed by atoms with E-state index in [-0.39, 0.29) is 5.97 Å². The first-order valence-corrected chi connectivity index (χ1v) is 12.4. The summed E-state index contributed by atoms with van der Waals surface area (Å²) in [5, 5.41) is 0. The van der Waals surface area contributed by atoms with Gasteiger partial charge < -0.3 is 8.85 Å². The zero-order valence-corrected chi connectivity index (χ0v) is 13.8. The van der Waals surface area contributed by atoms with E-state index in [9.17, 15) is 4.79 Å². The molecular weight excluding hydrogens is 248 g/mol. The third-order valence-corrected chi connectivity index (χ3v) is 9.89. The van der Waals surface area contributed by atoms with Gasteiger partial charge in [-0.3, -0.25) is 0 Å². The molecule has 0 radical (unpaired) electrons. The average molecular weight is 275 g/mol. The maximum Gasteiger partial charge on any atom is 0.330 e. The van der Waals surface area contributed by atoms with E-state index in [1.807, 2.05) is 0 Å². The molecular formula is C12H26O3Si2. The molecule has 0 heterocycles. The minimum Gasteiger partial charge on any atom is -0.463 e. The Morgan fingerprint density at radius 2 is 1.88 bits per heavy atom. The summed E-state index contributed by atoms with van der Waals surface area (Å²) in [4.78, 5) is 10.9. The highest BCUT2D eigenvalue weighted by atomic mass is 28.4. The summed E-state index contributed by atoms with van der Waals surface area (Å²) >= 11 is 0. The first kappa shape index (κ1) is 16.6. The number of hydrogen-bond acceptors (Lipinski definition) is 3. The maximum atomic E-state index is 10.9. The fourth-order valence-corrected chi connectivity index (χ4v) is 9.86. The lowest BCUT2D eigenvalue weighted by atomic mass is 10.5. The molecule has 0 aromatic carbocycles. The molecule has 0 aliphatic carbocycles. The topological polar surface area (TPSA) is 35.5 Å². The molecule has 0 N–H and O–H groups in total.